The summed E-state index contributed by atoms with van der Waals surface area (Å²) in [6, 6.07) is 2.03. The molecule has 3 heterocycles. The van der Waals surface area contributed by atoms with E-state index in [1.807, 2.05) is 0 Å². The van der Waals surface area contributed by atoms with Gasteiger partial charge in [0.05, 0.1) is 11.9 Å². The molecule has 3 rings (SSSR count). The summed E-state index contributed by atoms with van der Waals surface area (Å²) in [5, 5.41) is 3.29. The number of halogens is 2. The minimum Gasteiger partial charge on any atom is -0.368 e. The third kappa shape index (κ3) is 1.48. The molecule has 80 valence electrons. The number of fused-ring (bicyclic) bond motifs is 1. The monoisotopic (exact) mass is 227 g/mol. The highest BCUT2D eigenvalue weighted by Crippen LogP contribution is 2.29. The predicted molar refractivity (Wildman–Crippen MR) is 56.7 cm³/mol. The summed E-state index contributed by atoms with van der Waals surface area (Å²) in [6.07, 6.45) is 1.64. The van der Waals surface area contributed by atoms with E-state index in [4.69, 9.17) is 11.6 Å². The van der Waals surface area contributed by atoms with Crippen LogP contribution in [0.1, 0.15) is 0 Å². The van der Waals surface area contributed by atoms with Crippen molar-refractivity contribution in [3.05, 3.63) is 23.2 Å². The second-order valence-electron chi connectivity index (χ2n) is 4.15. The van der Waals surface area contributed by atoms with Crippen LogP contribution < -0.4 is 10.2 Å². The van der Waals surface area contributed by atoms with Gasteiger partial charge >= 0.3 is 0 Å². The summed E-state index contributed by atoms with van der Waals surface area (Å²) in [5.41, 5.74) is 0.827. The van der Waals surface area contributed by atoms with E-state index in [0.717, 1.165) is 25.3 Å². The fraction of sp³-hybridized carbons (Fsp3) is 0.500. The standard InChI is InChI=1S/C10H11ClFN3/c11-10-8(12)1-7(3-14-10)15-4-6-2-13-9(6)5-15/h1,3,6,9,13H,2,4-5H2. The number of nitrogens with one attached hydrogen (secondary N) is 1. The maximum Gasteiger partial charge on any atom is 0.164 e. The molecule has 1 N–H and O–H groups in total. The second kappa shape index (κ2) is 3.32. The molecule has 2 aliphatic rings. The zero-order chi connectivity index (χ0) is 10.4. The highest BCUT2D eigenvalue weighted by Gasteiger charge is 2.39. The molecule has 3 nitrogen and oxygen atoms in total. The third-order valence-corrected chi connectivity index (χ3v) is 3.51. The van der Waals surface area contributed by atoms with Crippen LogP contribution in [0.25, 0.3) is 0 Å². The fourth-order valence-electron chi connectivity index (χ4n) is 2.25. The molecule has 2 saturated heterocycles. The molecule has 2 aliphatic heterocycles. The fourth-order valence-corrected chi connectivity index (χ4v) is 2.35. The first-order chi connectivity index (χ1) is 7.24. The van der Waals surface area contributed by atoms with Crippen molar-refractivity contribution < 1.29 is 4.39 Å². The summed E-state index contributed by atoms with van der Waals surface area (Å²) in [4.78, 5) is 5.98. The average molecular weight is 228 g/mol. The van der Waals surface area contributed by atoms with Gasteiger partial charge in [0.1, 0.15) is 0 Å². The lowest BCUT2D eigenvalue weighted by atomic mass is 9.96. The van der Waals surface area contributed by atoms with E-state index in [-0.39, 0.29) is 5.15 Å². The maximum absolute atomic E-state index is 13.2. The van der Waals surface area contributed by atoms with E-state index in [9.17, 15) is 4.39 Å². The lowest BCUT2D eigenvalue weighted by molar-refractivity contribution is 0.297. The van der Waals surface area contributed by atoms with Crippen molar-refractivity contribution in [2.45, 2.75) is 6.04 Å². The predicted octanol–water partition coefficient (Wildman–Crippen LogP) is 1.28. The Morgan fingerprint density at radius 1 is 1.53 bits per heavy atom. The van der Waals surface area contributed by atoms with Crippen LogP contribution in [0.15, 0.2) is 12.3 Å². The summed E-state index contributed by atoms with van der Waals surface area (Å²) in [5.74, 6) is 0.269. The molecule has 2 atom stereocenters. The first-order valence-electron chi connectivity index (χ1n) is 5.03. The van der Waals surface area contributed by atoms with Crippen molar-refractivity contribution in [1.82, 2.24) is 10.3 Å². The summed E-state index contributed by atoms with van der Waals surface area (Å²) >= 11 is 5.54. The van der Waals surface area contributed by atoms with Gasteiger partial charge in [0, 0.05) is 37.7 Å². The Bertz CT molecular complexity index is 386. The molecule has 15 heavy (non-hydrogen) atoms. The van der Waals surface area contributed by atoms with E-state index < -0.39 is 5.82 Å². The minimum atomic E-state index is -0.443. The average Bonchev–Trinajstić information content (AvgIpc) is 2.48. The Morgan fingerprint density at radius 2 is 2.40 bits per heavy atom. The largest absolute Gasteiger partial charge is 0.368 e. The molecular weight excluding hydrogens is 217 g/mol. The Hall–Kier alpha value is -0.870. The SMILES string of the molecule is Fc1cc(N2CC3CNC3C2)cnc1Cl. The molecular formula is C10H11ClFN3. The van der Waals surface area contributed by atoms with Crippen LogP contribution in [0.4, 0.5) is 10.1 Å². The van der Waals surface area contributed by atoms with Crippen molar-refractivity contribution in [2.24, 2.45) is 5.92 Å². The first kappa shape index (κ1) is 9.36. The van der Waals surface area contributed by atoms with Crippen LogP contribution in [0, 0.1) is 11.7 Å². The van der Waals surface area contributed by atoms with Gasteiger partial charge in [-0.2, -0.15) is 0 Å². The zero-order valence-electron chi connectivity index (χ0n) is 8.08. The van der Waals surface area contributed by atoms with Gasteiger partial charge in [-0.05, 0) is 0 Å². The van der Waals surface area contributed by atoms with Crippen molar-refractivity contribution >= 4 is 17.3 Å². The lowest BCUT2D eigenvalue weighted by Gasteiger charge is -2.29. The van der Waals surface area contributed by atoms with Gasteiger partial charge in [-0.3, -0.25) is 0 Å². The number of hydrogen-bond donors (Lipinski definition) is 1. The van der Waals surface area contributed by atoms with E-state index in [1.165, 1.54) is 6.07 Å². The van der Waals surface area contributed by atoms with Crippen LogP contribution >= 0.6 is 11.6 Å². The lowest BCUT2D eigenvalue weighted by Crippen LogP contribution is -2.51. The number of anilines is 1. The van der Waals surface area contributed by atoms with Gasteiger partial charge in [-0.1, -0.05) is 11.6 Å². The number of rotatable bonds is 1. The second-order valence-corrected chi connectivity index (χ2v) is 4.50. The minimum absolute atomic E-state index is 0.0564. The number of hydrogen-bond acceptors (Lipinski definition) is 3. The molecule has 0 saturated carbocycles. The van der Waals surface area contributed by atoms with Crippen molar-refractivity contribution in [3.8, 4) is 0 Å². The van der Waals surface area contributed by atoms with Crippen LogP contribution in [0.2, 0.25) is 5.15 Å². The molecule has 5 heteroatoms. The molecule has 1 aromatic rings. The smallest absolute Gasteiger partial charge is 0.164 e. The van der Waals surface area contributed by atoms with Gasteiger partial charge in [-0.15, -0.1) is 0 Å². The number of pyridine rings is 1. The number of aromatic nitrogens is 1. The van der Waals surface area contributed by atoms with Crippen LogP contribution in [0.5, 0.6) is 0 Å². The zero-order valence-corrected chi connectivity index (χ0v) is 8.84. The quantitative estimate of drug-likeness (QED) is 0.733. The van der Waals surface area contributed by atoms with Crippen molar-refractivity contribution in [2.75, 3.05) is 24.5 Å². The van der Waals surface area contributed by atoms with Crippen molar-refractivity contribution in [3.63, 3.8) is 0 Å². The molecule has 0 aliphatic carbocycles. The van der Waals surface area contributed by atoms with Gasteiger partial charge < -0.3 is 10.2 Å². The number of nitrogens with zero attached hydrogens (tertiary/aromatic N) is 2. The Labute approximate surface area is 92.2 Å². The maximum atomic E-state index is 13.2. The molecule has 0 amide bonds. The highest BCUT2D eigenvalue weighted by molar-refractivity contribution is 6.29. The van der Waals surface area contributed by atoms with Crippen LogP contribution in [-0.2, 0) is 0 Å². The van der Waals surface area contributed by atoms with E-state index in [2.05, 4.69) is 15.2 Å². The van der Waals surface area contributed by atoms with Crippen LogP contribution in [-0.4, -0.2) is 30.7 Å². The summed E-state index contributed by atoms with van der Waals surface area (Å²) in [6.45, 7) is 3.00. The Kier molecular flexibility index (Phi) is 2.07. The van der Waals surface area contributed by atoms with Gasteiger partial charge in [-0.25, -0.2) is 9.37 Å². The molecule has 0 aromatic carbocycles. The first-order valence-corrected chi connectivity index (χ1v) is 5.41. The van der Waals surface area contributed by atoms with Gasteiger partial charge in [0.25, 0.3) is 0 Å². The summed E-state index contributed by atoms with van der Waals surface area (Å²) < 4.78 is 13.2. The van der Waals surface area contributed by atoms with Crippen molar-refractivity contribution in [1.29, 1.82) is 0 Å². The molecule has 1 aromatic heterocycles. The van der Waals surface area contributed by atoms with Crippen LogP contribution in [0.3, 0.4) is 0 Å². The normalized spacial score (nSPS) is 28.8. The van der Waals surface area contributed by atoms with Gasteiger partial charge in [0.15, 0.2) is 11.0 Å². The Balaban J connectivity index is 1.84. The Morgan fingerprint density at radius 3 is 2.93 bits per heavy atom. The molecule has 0 radical (unpaired) electrons. The topological polar surface area (TPSA) is 28.2 Å². The van der Waals surface area contributed by atoms with Gasteiger partial charge in [0.2, 0.25) is 0 Å². The highest BCUT2D eigenvalue weighted by atomic mass is 35.5. The van der Waals surface area contributed by atoms with E-state index >= 15 is 0 Å². The molecule has 2 unspecified atom stereocenters. The molecule has 2 fully saturated rings. The molecule has 0 bridgehead atoms. The summed E-state index contributed by atoms with van der Waals surface area (Å²) in [7, 11) is 0. The third-order valence-electron chi connectivity index (χ3n) is 3.23. The van der Waals surface area contributed by atoms with E-state index in [1.54, 1.807) is 6.20 Å². The molecule has 0 spiro atoms. The van der Waals surface area contributed by atoms with E-state index in [0.29, 0.717) is 12.0 Å².